The van der Waals surface area contributed by atoms with E-state index in [9.17, 15) is 26.4 Å². The van der Waals surface area contributed by atoms with Gasteiger partial charge in [0.2, 0.25) is 10.0 Å². The number of sulfonamides is 1. The number of halogens is 4. The van der Waals surface area contributed by atoms with Gasteiger partial charge >= 0.3 is 12.1 Å². The smallest absolute Gasteiger partial charge is 0.300 e. The van der Waals surface area contributed by atoms with E-state index in [1.807, 2.05) is 0 Å². The molecule has 0 unspecified atom stereocenters. The minimum Gasteiger partial charge on any atom is -0.300 e. The highest BCUT2D eigenvalue weighted by Crippen LogP contribution is 2.31. The Morgan fingerprint density at radius 3 is 2.48 bits per heavy atom. The molecule has 5 nitrogen and oxygen atoms in total. The summed E-state index contributed by atoms with van der Waals surface area (Å²) in [5.74, 6) is -2.37. The van der Waals surface area contributed by atoms with E-state index in [0.717, 1.165) is 6.08 Å². The molecule has 0 aromatic heterocycles. The molecule has 23 heavy (non-hydrogen) atoms. The summed E-state index contributed by atoms with van der Waals surface area (Å²) in [6.45, 7) is 2.99. The predicted molar refractivity (Wildman–Crippen MR) is 84.4 cm³/mol. The summed E-state index contributed by atoms with van der Waals surface area (Å²) in [5, 5.41) is 0. The van der Waals surface area contributed by atoms with Crippen molar-refractivity contribution < 1.29 is 26.4 Å². The van der Waals surface area contributed by atoms with Gasteiger partial charge in [-0.2, -0.15) is 13.2 Å². The Labute approximate surface area is 140 Å². The van der Waals surface area contributed by atoms with Crippen molar-refractivity contribution in [1.29, 1.82) is 0 Å². The molecule has 1 amide bonds. The monoisotopic (exact) mass is 414 g/mol. The molecule has 0 fully saturated rings. The van der Waals surface area contributed by atoms with Crippen molar-refractivity contribution in [1.82, 2.24) is 4.72 Å². The van der Waals surface area contributed by atoms with E-state index in [2.05, 4.69) is 27.2 Å². The zero-order valence-corrected chi connectivity index (χ0v) is 14.4. The summed E-state index contributed by atoms with van der Waals surface area (Å²) in [6, 6.07) is 3.94. The van der Waals surface area contributed by atoms with Gasteiger partial charge in [-0.3, -0.25) is 9.69 Å². The van der Waals surface area contributed by atoms with Crippen LogP contribution in [0, 0.1) is 0 Å². The first-order valence-corrected chi connectivity index (χ1v) is 8.65. The average Bonchev–Trinajstić information content (AvgIpc) is 2.43. The Kier molecular flexibility index (Phi) is 6.37. The number of carbonyl (C=O) groups excluding carboxylic acids is 1. The van der Waals surface area contributed by atoms with Crippen LogP contribution in [0.15, 0.2) is 35.3 Å². The van der Waals surface area contributed by atoms with Crippen molar-refractivity contribution in [2.45, 2.75) is 11.9 Å². The van der Waals surface area contributed by atoms with Crippen LogP contribution >= 0.6 is 15.9 Å². The van der Waals surface area contributed by atoms with Gasteiger partial charge in [0.1, 0.15) is 0 Å². The fourth-order valence-electron chi connectivity index (χ4n) is 1.72. The van der Waals surface area contributed by atoms with Gasteiger partial charge in [-0.15, -0.1) is 6.58 Å². The van der Waals surface area contributed by atoms with Crippen LogP contribution in [0.5, 0.6) is 0 Å². The molecule has 0 radical (unpaired) electrons. The van der Waals surface area contributed by atoms with Gasteiger partial charge in [0, 0.05) is 11.0 Å². The van der Waals surface area contributed by atoms with Crippen LogP contribution in [0.2, 0.25) is 0 Å². The van der Waals surface area contributed by atoms with Crippen LogP contribution in [-0.4, -0.2) is 34.1 Å². The molecule has 128 valence electrons. The summed E-state index contributed by atoms with van der Waals surface area (Å²) in [5.41, 5.74) is 0.325. The fourth-order valence-corrected chi connectivity index (χ4v) is 3.13. The molecule has 1 rings (SSSR count). The molecule has 0 bridgehead atoms. The number of hydrogen-bond donors (Lipinski definition) is 1. The summed E-state index contributed by atoms with van der Waals surface area (Å²) < 4.78 is 63.3. The van der Waals surface area contributed by atoms with E-state index in [1.54, 1.807) is 0 Å². The Morgan fingerprint density at radius 1 is 1.43 bits per heavy atom. The fraction of sp³-hybridized carbons (Fsp3) is 0.308. The van der Waals surface area contributed by atoms with Crippen LogP contribution in [0.1, 0.15) is 5.56 Å². The molecule has 0 atom stereocenters. The standard InChI is InChI=1S/C13H14BrF3N2O3S/c1-3-6-19(12(20)13(15,16)17)11-5-4-9(7-10(11)14)8-23(21,22)18-2/h3-5,7,18H,1,6,8H2,2H3. The van der Waals surface area contributed by atoms with E-state index in [0.29, 0.717) is 10.5 Å². The highest BCUT2D eigenvalue weighted by molar-refractivity contribution is 9.10. The SMILES string of the molecule is C=CCN(C(=O)C(F)(F)F)c1ccc(CS(=O)(=O)NC)cc1Br. The molecule has 0 aliphatic rings. The third-order valence-electron chi connectivity index (χ3n) is 2.77. The number of nitrogens with one attached hydrogen (secondary N) is 1. The number of rotatable bonds is 6. The van der Waals surface area contributed by atoms with Crippen LogP contribution < -0.4 is 9.62 Å². The van der Waals surface area contributed by atoms with Gasteiger partial charge in [-0.1, -0.05) is 12.1 Å². The van der Waals surface area contributed by atoms with E-state index in [-0.39, 0.29) is 22.5 Å². The second-order valence-corrected chi connectivity index (χ2v) is 7.23. The highest BCUT2D eigenvalue weighted by atomic mass is 79.9. The molecule has 0 saturated heterocycles. The largest absolute Gasteiger partial charge is 0.471 e. The van der Waals surface area contributed by atoms with Gasteiger partial charge in [0.15, 0.2) is 0 Å². The van der Waals surface area contributed by atoms with Gasteiger partial charge in [0.05, 0.1) is 11.4 Å². The summed E-state index contributed by atoms with van der Waals surface area (Å²) in [6.07, 6.45) is -3.87. The molecule has 1 aromatic rings. The quantitative estimate of drug-likeness (QED) is 0.727. The van der Waals surface area contributed by atoms with Crippen molar-refractivity contribution in [2.75, 3.05) is 18.5 Å². The van der Waals surface area contributed by atoms with Crippen LogP contribution in [0.3, 0.4) is 0 Å². The van der Waals surface area contributed by atoms with E-state index in [4.69, 9.17) is 0 Å². The Morgan fingerprint density at radius 2 is 2.04 bits per heavy atom. The number of anilines is 1. The summed E-state index contributed by atoms with van der Waals surface area (Å²) in [4.78, 5) is 12.0. The molecule has 0 spiro atoms. The third kappa shape index (κ3) is 5.33. The van der Waals surface area contributed by atoms with Gasteiger partial charge in [0.25, 0.3) is 0 Å². The molecule has 0 heterocycles. The normalized spacial score (nSPS) is 12.0. The Hall–Kier alpha value is -1.39. The number of nitrogens with zero attached hydrogens (tertiary/aromatic N) is 1. The van der Waals surface area contributed by atoms with Gasteiger partial charge in [-0.25, -0.2) is 13.1 Å². The maximum absolute atomic E-state index is 12.7. The van der Waals surface area contributed by atoms with E-state index >= 15 is 0 Å². The second kappa shape index (κ2) is 7.45. The number of benzene rings is 1. The molecule has 1 aromatic carbocycles. The number of hydrogen-bond acceptors (Lipinski definition) is 3. The molecule has 1 N–H and O–H groups in total. The summed E-state index contributed by atoms with van der Waals surface area (Å²) in [7, 11) is -2.26. The van der Waals surface area contributed by atoms with E-state index in [1.165, 1.54) is 25.2 Å². The third-order valence-corrected chi connectivity index (χ3v) is 4.74. The van der Waals surface area contributed by atoms with Crippen molar-refractivity contribution in [3.63, 3.8) is 0 Å². The first-order valence-electron chi connectivity index (χ1n) is 6.21. The lowest BCUT2D eigenvalue weighted by Gasteiger charge is -2.24. The zero-order chi connectivity index (χ0) is 17.8. The lowest BCUT2D eigenvalue weighted by molar-refractivity contribution is -0.170. The van der Waals surface area contributed by atoms with Crippen LogP contribution in [0.4, 0.5) is 18.9 Å². The summed E-state index contributed by atoms with van der Waals surface area (Å²) >= 11 is 3.07. The molecule has 10 heteroatoms. The van der Waals surface area contributed by atoms with Crippen molar-refractivity contribution >= 4 is 37.5 Å². The maximum Gasteiger partial charge on any atom is 0.471 e. The molecule has 0 aliphatic carbocycles. The minimum atomic E-state index is -5.03. The molecular formula is C13H14BrF3N2O3S. The predicted octanol–water partition coefficient (Wildman–Crippen LogP) is 2.58. The lowest BCUT2D eigenvalue weighted by Crippen LogP contribution is -2.41. The number of carbonyl (C=O) groups is 1. The Balaban J connectivity index is 3.20. The zero-order valence-electron chi connectivity index (χ0n) is 12.0. The van der Waals surface area contributed by atoms with Crippen LogP contribution in [-0.2, 0) is 20.6 Å². The minimum absolute atomic E-state index is 0.0298. The maximum atomic E-state index is 12.7. The molecule has 0 saturated carbocycles. The Bertz CT molecular complexity index is 705. The average molecular weight is 415 g/mol. The first kappa shape index (κ1) is 19.7. The second-order valence-electron chi connectivity index (χ2n) is 4.45. The van der Waals surface area contributed by atoms with Crippen molar-refractivity contribution in [2.24, 2.45) is 0 Å². The number of amides is 1. The highest BCUT2D eigenvalue weighted by Gasteiger charge is 2.43. The molecule has 0 aliphatic heterocycles. The van der Waals surface area contributed by atoms with E-state index < -0.39 is 22.1 Å². The lowest BCUT2D eigenvalue weighted by atomic mass is 10.2. The van der Waals surface area contributed by atoms with Crippen LogP contribution in [0.25, 0.3) is 0 Å². The van der Waals surface area contributed by atoms with Gasteiger partial charge < -0.3 is 0 Å². The van der Waals surface area contributed by atoms with Gasteiger partial charge in [-0.05, 0) is 40.7 Å². The first-order chi connectivity index (χ1) is 10.5. The molecular weight excluding hydrogens is 401 g/mol. The number of alkyl halides is 3. The van der Waals surface area contributed by atoms with Crippen molar-refractivity contribution in [3.05, 3.63) is 40.9 Å². The topological polar surface area (TPSA) is 66.5 Å². The van der Waals surface area contributed by atoms with Crippen molar-refractivity contribution in [3.8, 4) is 0 Å².